The first-order chi connectivity index (χ1) is 8.66. The van der Waals surface area contributed by atoms with Crippen LogP contribution in [0.3, 0.4) is 0 Å². The maximum absolute atomic E-state index is 11.8. The second-order valence-corrected chi connectivity index (χ2v) is 5.32. The van der Waals surface area contributed by atoms with Gasteiger partial charge in [0, 0.05) is 10.4 Å². The van der Waals surface area contributed by atoms with Crippen molar-refractivity contribution in [2.45, 2.75) is 19.3 Å². The summed E-state index contributed by atoms with van der Waals surface area (Å²) in [6, 6.07) is 18.1. The van der Waals surface area contributed by atoms with Crippen molar-refractivity contribution in [3.8, 4) is 0 Å². The summed E-state index contributed by atoms with van der Waals surface area (Å²) in [5, 5.41) is 0. The number of Topliss-reactive ketones (excluding diaryl/α,β-unsaturated/α-hetero) is 1. The van der Waals surface area contributed by atoms with Gasteiger partial charge in [0.2, 0.25) is 0 Å². The van der Waals surface area contributed by atoms with Gasteiger partial charge in [0.1, 0.15) is 5.78 Å². The van der Waals surface area contributed by atoms with Crippen molar-refractivity contribution in [1.82, 2.24) is 0 Å². The Morgan fingerprint density at radius 1 is 1.06 bits per heavy atom. The molecule has 2 heteroatoms. The van der Waals surface area contributed by atoms with Crippen LogP contribution in [0.4, 0.5) is 0 Å². The Hall–Kier alpha value is -1.41. The van der Waals surface area contributed by atoms with Crippen LogP contribution in [0.5, 0.6) is 0 Å². The highest BCUT2D eigenvalue weighted by Gasteiger charge is 2.17. The molecule has 0 bridgehead atoms. The molecule has 0 fully saturated rings. The van der Waals surface area contributed by atoms with Crippen molar-refractivity contribution in [1.29, 1.82) is 0 Å². The molecule has 0 amide bonds. The minimum absolute atomic E-state index is 0.0551. The van der Waals surface area contributed by atoms with Crippen LogP contribution in [0, 0.1) is 0 Å². The molecule has 1 unspecified atom stereocenters. The Balaban J connectivity index is 2.24. The van der Waals surface area contributed by atoms with Crippen molar-refractivity contribution < 1.29 is 4.79 Å². The molecule has 1 nitrogen and oxygen atoms in total. The van der Waals surface area contributed by atoms with Crippen molar-refractivity contribution in [2.75, 3.05) is 0 Å². The molecule has 92 valence electrons. The SMILES string of the molecule is CC(=O)C(Cc1ccccc1)c1ccc(Br)cc1. The van der Waals surface area contributed by atoms with E-state index in [0.717, 1.165) is 16.5 Å². The van der Waals surface area contributed by atoms with E-state index in [1.165, 1.54) is 5.56 Å². The Bertz CT molecular complexity index is 517. The van der Waals surface area contributed by atoms with E-state index in [4.69, 9.17) is 0 Å². The number of halogens is 1. The largest absolute Gasteiger partial charge is 0.299 e. The number of rotatable bonds is 4. The van der Waals surface area contributed by atoms with E-state index >= 15 is 0 Å². The summed E-state index contributed by atoms with van der Waals surface area (Å²) in [6.07, 6.45) is 0.762. The van der Waals surface area contributed by atoms with Crippen molar-refractivity contribution >= 4 is 21.7 Å². The molecule has 0 N–H and O–H groups in total. The first kappa shape index (κ1) is 13.0. The number of carbonyl (C=O) groups excluding carboxylic acids is 1. The van der Waals surface area contributed by atoms with Crippen LogP contribution in [-0.4, -0.2) is 5.78 Å². The fourth-order valence-corrected chi connectivity index (χ4v) is 2.31. The van der Waals surface area contributed by atoms with Crippen molar-refractivity contribution in [3.05, 3.63) is 70.2 Å². The predicted molar refractivity (Wildman–Crippen MR) is 77.7 cm³/mol. The summed E-state index contributed by atoms with van der Waals surface area (Å²) in [5.74, 6) is 0.154. The number of benzene rings is 2. The summed E-state index contributed by atoms with van der Waals surface area (Å²) in [6.45, 7) is 1.66. The average Bonchev–Trinajstić information content (AvgIpc) is 2.38. The van der Waals surface area contributed by atoms with Gasteiger partial charge in [-0.2, -0.15) is 0 Å². The normalized spacial score (nSPS) is 12.1. The van der Waals surface area contributed by atoms with Gasteiger partial charge < -0.3 is 0 Å². The Kier molecular flexibility index (Phi) is 4.32. The Morgan fingerprint density at radius 2 is 1.67 bits per heavy atom. The van der Waals surface area contributed by atoms with E-state index in [1.807, 2.05) is 42.5 Å². The zero-order valence-corrected chi connectivity index (χ0v) is 11.9. The molecule has 0 saturated carbocycles. The van der Waals surface area contributed by atoms with Gasteiger partial charge in [-0.15, -0.1) is 0 Å². The lowest BCUT2D eigenvalue weighted by Gasteiger charge is -2.14. The molecule has 0 aromatic heterocycles. The Morgan fingerprint density at radius 3 is 2.22 bits per heavy atom. The van der Waals surface area contributed by atoms with Gasteiger partial charge >= 0.3 is 0 Å². The van der Waals surface area contributed by atoms with Gasteiger partial charge in [-0.25, -0.2) is 0 Å². The lowest BCUT2D eigenvalue weighted by molar-refractivity contribution is -0.118. The molecule has 2 aromatic rings. The van der Waals surface area contributed by atoms with Crippen LogP contribution in [0.1, 0.15) is 24.0 Å². The smallest absolute Gasteiger partial charge is 0.137 e. The summed E-state index contributed by atoms with van der Waals surface area (Å²) in [7, 11) is 0. The maximum Gasteiger partial charge on any atom is 0.137 e. The van der Waals surface area contributed by atoms with Crippen LogP contribution in [-0.2, 0) is 11.2 Å². The molecular formula is C16H15BrO. The summed E-state index contributed by atoms with van der Waals surface area (Å²) in [4.78, 5) is 11.8. The summed E-state index contributed by atoms with van der Waals surface area (Å²) < 4.78 is 1.04. The maximum atomic E-state index is 11.8. The van der Waals surface area contributed by atoms with Gasteiger partial charge in [-0.3, -0.25) is 4.79 Å². The van der Waals surface area contributed by atoms with Gasteiger partial charge in [-0.1, -0.05) is 58.4 Å². The second kappa shape index (κ2) is 5.96. The topological polar surface area (TPSA) is 17.1 Å². The van der Waals surface area contributed by atoms with Crippen LogP contribution in [0.25, 0.3) is 0 Å². The third kappa shape index (κ3) is 3.30. The lowest BCUT2D eigenvalue weighted by atomic mass is 9.89. The van der Waals surface area contributed by atoms with E-state index < -0.39 is 0 Å². The molecule has 0 heterocycles. The molecule has 2 rings (SSSR count). The third-order valence-corrected chi connectivity index (χ3v) is 3.57. The minimum Gasteiger partial charge on any atom is -0.299 e. The predicted octanol–water partition coefficient (Wildman–Crippen LogP) is 4.36. The monoisotopic (exact) mass is 302 g/mol. The summed E-state index contributed by atoms with van der Waals surface area (Å²) in [5.41, 5.74) is 2.27. The van der Waals surface area contributed by atoms with E-state index in [9.17, 15) is 4.79 Å². The third-order valence-electron chi connectivity index (χ3n) is 3.05. The molecule has 0 spiro atoms. The quantitative estimate of drug-likeness (QED) is 0.820. The number of hydrogen-bond donors (Lipinski definition) is 0. The van der Waals surface area contributed by atoms with E-state index in [2.05, 4.69) is 28.1 Å². The molecular weight excluding hydrogens is 288 g/mol. The molecule has 0 aliphatic carbocycles. The molecule has 1 atom stereocenters. The Labute approximate surface area is 116 Å². The van der Waals surface area contributed by atoms with Crippen LogP contribution in [0.15, 0.2) is 59.1 Å². The van der Waals surface area contributed by atoms with E-state index in [1.54, 1.807) is 6.92 Å². The van der Waals surface area contributed by atoms with Gasteiger partial charge in [-0.05, 0) is 36.6 Å². The van der Waals surface area contributed by atoms with Crippen molar-refractivity contribution in [3.63, 3.8) is 0 Å². The average molecular weight is 303 g/mol. The van der Waals surface area contributed by atoms with E-state index in [0.29, 0.717) is 0 Å². The molecule has 2 aromatic carbocycles. The molecule has 18 heavy (non-hydrogen) atoms. The first-order valence-corrected chi connectivity index (χ1v) is 6.76. The minimum atomic E-state index is -0.0551. The van der Waals surface area contributed by atoms with Gasteiger partial charge in [0.15, 0.2) is 0 Å². The first-order valence-electron chi connectivity index (χ1n) is 5.96. The number of carbonyl (C=O) groups is 1. The highest BCUT2D eigenvalue weighted by Crippen LogP contribution is 2.23. The lowest BCUT2D eigenvalue weighted by Crippen LogP contribution is -2.11. The van der Waals surface area contributed by atoms with Crippen molar-refractivity contribution in [2.24, 2.45) is 0 Å². The fourth-order valence-electron chi connectivity index (χ4n) is 2.04. The number of ketones is 1. The zero-order valence-electron chi connectivity index (χ0n) is 10.3. The van der Waals surface area contributed by atoms with E-state index in [-0.39, 0.29) is 11.7 Å². The second-order valence-electron chi connectivity index (χ2n) is 4.40. The highest BCUT2D eigenvalue weighted by atomic mass is 79.9. The molecule has 0 saturated heterocycles. The van der Waals surface area contributed by atoms with Crippen LogP contribution >= 0.6 is 15.9 Å². The van der Waals surface area contributed by atoms with Gasteiger partial charge in [0.25, 0.3) is 0 Å². The van der Waals surface area contributed by atoms with Crippen LogP contribution < -0.4 is 0 Å². The summed E-state index contributed by atoms with van der Waals surface area (Å²) >= 11 is 3.41. The van der Waals surface area contributed by atoms with Crippen LogP contribution in [0.2, 0.25) is 0 Å². The number of hydrogen-bond acceptors (Lipinski definition) is 1. The standard InChI is InChI=1S/C16H15BrO/c1-12(18)16(11-13-5-3-2-4-6-13)14-7-9-15(17)10-8-14/h2-10,16H,11H2,1H3. The highest BCUT2D eigenvalue weighted by molar-refractivity contribution is 9.10. The molecule has 0 aliphatic heterocycles. The van der Waals surface area contributed by atoms with Gasteiger partial charge in [0.05, 0.1) is 0 Å². The molecule has 0 aliphatic rings. The fraction of sp³-hybridized carbons (Fsp3) is 0.188. The zero-order chi connectivity index (χ0) is 13.0. The molecule has 0 radical (unpaired) electrons.